The Balaban J connectivity index is 1.73. The smallest absolute Gasteiger partial charge is 0.287 e. The molecule has 0 bridgehead atoms. The van der Waals surface area contributed by atoms with Gasteiger partial charge in [-0.1, -0.05) is 86.8 Å². The van der Waals surface area contributed by atoms with Gasteiger partial charge in [-0.2, -0.15) is 0 Å². The molecular weight excluding hydrogens is 346 g/mol. The van der Waals surface area contributed by atoms with Crippen LogP contribution in [-0.2, 0) is 12.8 Å². The standard InChI is InChI=1S/C24H29N3O/c1-2-3-4-11-16-25-24(28)23-26-21(17-19-12-7-5-8-13-19)22(27-23)18-20-14-9-6-10-15-20/h5-10,12-15H,2-4,11,16-18H2,1H3,(H,25,28)(H,26,27). The van der Waals surface area contributed by atoms with Gasteiger partial charge < -0.3 is 10.3 Å². The fourth-order valence-electron chi connectivity index (χ4n) is 3.27. The van der Waals surface area contributed by atoms with Crippen LogP contribution in [0.2, 0.25) is 0 Å². The van der Waals surface area contributed by atoms with Gasteiger partial charge in [0.25, 0.3) is 5.91 Å². The van der Waals surface area contributed by atoms with Gasteiger partial charge in [-0.3, -0.25) is 4.79 Å². The van der Waals surface area contributed by atoms with Crippen LogP contribution in [0.1, 0.15) is 65.7 Å². The molecule has 2 aromatic carbocycles. The monoisotopic (exact) mass is 375 g/mol. The molecule has 3 aromatic rings. The van der Waals surface area contributed by atoms with Crippen LogP contribution in [0, 0.1) is 0 Å². The Morgan fingerprint density at radius 2 is 1.54 bits per heavy atom. The molecule has 1 amide bonds. The number of aromatic nitrogens is 2. The van der Waals surface area contributed by atoms with Crippen LogP contribution in [0.4, 0.5) is 0 Å². The van der Waals surface area contributed by atoms with Gasteiger partial charge in [-0.05, 0) is 17.5 Å². The zero-order valence-electron chi connectivity index (χ0n) is 16.6. The van der Waals surface area contributed by atoms with Gasteiger partial charge in [0.05, 0.1) is 5.69 Å². The third kappa shape index (κ3) is 5.81. The summed E-state index contributed by atoms with van der Waals surface area (Å²) in [5.74, 6) is 0.289. The Labute approximate surface area is 167 Å². The highest BCUT2D eigenvalue weighted by atomic mass is 16.2. The number of amides is 1. The molecule has 146 valence electrons. The van der Waals surface area contributed by atoms with E-state index in [0.717, 1.165) is 30.7 Å². The predicted molar refractivity (Wildman–Crippen MR) is 114 cm³/mol. The Morgan fingerprint density at radius 3 is 2.18 bits per heavy atom. The maximum absolute atomic E-state index is 12.5. The summed E-state index contributed by atoms with van der Waals surface area (Å²) in [6, 6.07) is 20.5. The average molecular weight is 376 g/mol. The summed E-state index contributed by atoms with van der Waals surface area (Å²) in [7, 11) is 0. The van der Waals surface area contributed by atoms with Gasteiger partial charge in [-0.15, -0.1) is 0 Å². The van der Waals surface area contributed by atoms with Gasteiger partial charge in [0, 0.05) is 25.1 Å². The van der Waals surface area contributed by atoms with Crippen molar-refractivity contribution in [2.24, 2.45) is 0 Å². The Morgan fingerprint density at radius 1 is 0.893 bits per heavy atom. The van der Waals surface area contributed by atoms with E-state index in [2.05, 4.69) is 46.5 Å². The molecule has 0 aliphatic carbocycles. The molecule has 1 heterocycles. The van der Waals surface area contributed by atoms with E-state index in [1.54, 1.807) is 0 Å². The van der Waals surface area contributed by atoms with Crippen LogP contribution in [0.25, 0.3) is 0 Å². The first-order chi connectivity index (χ1) is 13.8. The molecule has 0 radical (unpaired) electrons. The highest BCUT2D eigenvalue weighted by Gasteiger charge is 2.16. The van der Waals surface area contributed by atoms with Crippen LogP contribution < -0.4 is 5.32 Å². The van der Waals surface area contributed by atoms with E-state index in [-0.39, 0.29) is 5.91 Å². The number of H-pyrrole nitrogens is 1. The number of hydrogen-bond acceptors (Lipinski definition) is 2. The van der Waals surface area contributed by atoms with Gasteiger partial charge in [0.1, 0.15) is 0 Å². The quantitative estimate of drug-likeness (QED) is 0.495. The number of nitrogens with zero attached hydrogens (tertiary/aromatic N) is 1. The third-order valence-corrected chi connectivity index (χ3v) is 4.83. The van der Waals surface area contributed by atoms with Gasteiger partial charge in [0.15, 0.2) is 5.82 Å². The fraction of sp³-hybridized carbons (Fsp3) is 0.333. The van der Waals surface area contributed by atoms with Crippen molar-refractivity contribution in [3.63, 3.8) is 0 Å². The van der Waals surface area contributed by atoms with Crippen molar-refractivity contribution >= 4 is 5.91 Å². The van der Waals surface area contributed by atoms with Crippen molar-refractivity contribution in [1.29, 1.82) is 0 Å². The van der Waals surface area contributed by atoms with Crippen LogP contribution in [0.5, 0.6) is 0 Å². The normalized spacial score (nSPS) is 10.8. The number of benzene rings is 2. The van der Waals surface area contributed by atoms with E-state index >= 15 is 0 Å². The molecule has 4 nitrogen and oxygen atoms in total. The summed E-state index contributed by atoms with van der Waals surface area (Å²) in [6.07, 6.45) is 6.00. The van der Waals surface area contributed by atoms with E-state index in [9.17, 15) is 4.79 Å². The van der Waals surface area contributed by atoms with E-state index in [4.69, 9.17) is 0 Å². The molecule has 0 aliphatic rings. The van der Waals surface area contributed by atoms with Crippen molar-refractivity contribution in [3.8, 4) is 0 Å². The largest absolute Gasteiger partial charge is 0.349 e. The minimum atomic E-state index is -0.120. The number of imidazole rings is 1. The van der Waals surface area contributed by atoms with Crippen molar-refractivity contribution in [2.45, 2.75) is 45.4 Å². The molecule has 0 atom stereocenters. The summed E-state index contributed by atoms with van der Waals surface area (Å²) in [4.78, 5) is 20.5. The van der Waals surface area contributed by atoms with Gasteiger partial charge in [0.2, 0.25) is 0 Å². The zero-order valence-corrected chi connectivity index (χ0v) is 16.6. The Hall–Kier alpha value is -2.88. The summed E-state index contributed by atoms with van der Waals surface area (Å²) in [5, 5.41) is 2.99. The molecule has 4 heteroatoms. The molecule has 0 fully saturated rings. The Kier molecular flexibility index (Phi) is 7.42. The lowest BCUT2D eigenvalue weighted by Gasteiger charge is -2.03. The first-order valence-electron chi connectivity index (χ1n) is 10.2. The predicted octanol–water partition coefficient (Wildman–Crippen LogP) is 4.90. The van der Waals surface area contributed by atoms with Crippen molar-refractivity contribution in [2.75, 3.05) is 6.54 Å². The van der Waals surface area contributed by atoms with Crippen LogP contribution >= 0.6 is 0 Å². The minimum absolute atomic E-state index is 0.120. The van der Waals surface area contributed by atoms with Crippen molar-refractivity contribution in [1.82, 2.24) is 15.3 Å². The molecule has 3 rings (SSSR count). The zero-order chi connectivity index (χ0) is 19.6. The molecular formula is C24H29N3O. The summed E-state index contributed by atoms with van der Waals surface area (Å²) in [6.45, 7) is 2.88. The second-order valence-electron chi connectivity index (χ2n) is 7.15. The topological polar surface area (TPSA) is 57.8 Å². The lowest BCUT2D eigenvalue weighted by Crippen LogP contribution is -2.25. The number of nitrogens with one attached hydrogen (secondary N) is 2. The number of carbonyl (C=O) groups is 1. The fourth-order valence-corrected chi connectivity index (χ4v) is 3.27. The summed E-state index contributed by atoms with van der Waals surface area (Å²) >= 11 is 0. The summed E-state index contributed by atoms with van der Waals surface area (Å²) < 4.78 is 0. The van der Waals surface area contributed by atoms with E-state index in [1.165, 1.54) is 24.0 Å². The average Bonchev–Trinajstić information content (AvgIpc) is 3.11. The minimum Gasteiger partial charge on any atom is -0.349 e. The molecule has 1 aromatic heterocycles. The van der Waals surface area contributed by atoms with Crippen molar-refractivity contribution < 1.29 is 4.79 Å². The molecule has 0 saturated heterocycles. The molecule has 0 saturated carbocycles. The molecule has 0 spiro atoms. The first kappa shape index (κ1) is 19.9. The second-order valence-corrected chi connectivity index (χ2v) is 7.15. The van der Waals surface area contributed by atoms with Crippen LogP contribution in [-0.4, -0.2) is 22.4 Å². The molecule has 0 aliphatic heterocycles. The van der Waals surface area contributed by atoms with E-state index in [0.29, 0.717) is 18.8 Å². The lowest BCUT2D eigenvalue weighted by molar-refractivity contribution is 0.0943. The molecule has 0 unspecified atom stereocenters. The number of carbonyl (C=O) groups excluding carboxylic acids is 1. The molecule has 28 heavy (non-hydrogen) atoms. The third-order valence-electron chi connectivity index (χ3n) is 4.83. The van der Waals surface area contributed by atoms with Crippen LogP contribution in [0.15, 0.2) is 60.7 Å². The number of hydrogen-bond donors (Lipinski definition) is 2. The maximum atomic E-state index is 12.5. The number of rotatable bonds is 10. The lowest BCUT2D eigenvalue weighted by atomic mass is 10.0. The molecule has 2 N–H and O–H groups in total. The first-order valence-corrected chi connectivity index (χ1v) is 10.2. The highest BCUT2D eigenvalue weighted by Crippen LogP contribution is 2.16. The van der Waals surface area contributed by atoms with Gasteiger partial charge in [-0.25, -0.2) is 4.98 Å². The van der Waals surface area contributed by atoms with E-state index < -0.39 is 0 Å². The Bertz CT molecular complexity index is 797. The second kappa shape index (κ2) is 10.5. The van der Waals surface area contributed by atoms with E-state index in [1.807, 2.05) is 36.4 Å². The van der Waals surface area contributed by atoms with Crippen molar-refractivity contribution in [3.05, 3.63) is 89.0 Å². The van der Waals surface area contributed by atoms with Crippen LogP contribution in [0.3, 0.4) is 0 Å². The maximum Gasteiger partial charge on any atom is 0.287 e. The highest BCUT2D eigenvalue weighted by molar-refractivity contribution is 5.90. The number of unbranched alkanes of at least 4 members (excludes halogenated alkanes) is 3. The summed E-state index contributed by atoms with van der Waals surface area (Å²) in [5.41, 5.74) is 4.33. The number of aromatic amines is 1. The van der Waals surface area contributed by atoms with Gasteiger partial charge >= 0.3 is 0 Å². The SMILES string of the molecule is CCCCCCNC(=O)c1nc(Cc2ccccc2)c(Cc2ccccc2)[nH]1.